The van der Waals surface area contributed by atoms with Gasteiger partial charge in [-0.1, -0.05) is 43.2 Å². The van der Waals surface area contributed by atoms with Crippen molar-refractivity contribution < 1.29 is 45.6 Å². The second-order valence-electron chi connectivity index (χ2n) is 8.42. The highest BCUT2D eigenvalue weighted by Crippen LogP contribution is 2.42. The van der Waals surface area contributed by atoms with E-state index in [9.17, 15) is 14.7 Å². The molecule has 7 heteroatoms. The van der Waals surface area contributed by atoms with Crippen LogP contribution in [0.25, 0.3) is 0 Å². The summed E-state index contributed by atoms with van der Waals surface area (Å²) in [4.78, 5) is 25.0. The minimum Gasteiger partial charge on any atom is -1.00 e. The van der Waals surface area contributed by atoms with Crippen molar-refractivity contribution in [2.24, 2.45) is 5.92 Å². The van der Waals surface area contributed by atoms with E-state index < -0.39 is 11.6 Å². The molecule has 3 atom stereocenters. The van der Waals surface area contributed by atoms with E-state index in [1.807, 2.05) is 25.2 Å². The molecule has 1 aromatic rings. The topological polar surface area (TPSA) is 72.8 Å². The second kappa shape index (κ2) is 10.0. The molecule has 162 valence electrons. The van der Waals surface area contributed by atoms with Crippen LogP contribution in [0.3, 0.4) is 0 Å². The Bertz CT molecular complexity index is 694. The van der Waals surface area contributed by atoms with Crippen LogP contribution in [0.4, 0.5) is 0 Å². The van der Waals surface area contributed by atoms with Gasteiger partial charge in [0.25, 0.3) is 0 Å². The second-order valence-corrected chi connectivity index (χ2v) is 8.42. The molecule has 1 N–H and O–H groups in total. The molecule has 0 spiro atoms. The highest BCUT2D eigenvalue weighted by molar-refractivity contribution is 5.81. The Morgan fingerprint density at radius 2 is 1.83 bits per heavy atom. The maximum atomic E-state index is 13.2. The summed E-state index contributed by atoms with van der Waals surface area (Å²) < 4.78 is 11.4. The Morgan fingerprint density at radius 1 is 1.17 bits per heavy atom. The molecule has 1 unspecified atom stereocenters. The van der Waals surface area contributed by atoms with Crippen molar-refractivity contribution >= 4 is 11.9 Å². The smallest absolute Gasteiger partial charge is 0.361 e. The zero-order valence-electron chi connectivity index (χ0n) is 17.3. The number of carbonyl (C=O) groups excluding carboxylic acids is 2. The predicted molar refractivity (Wildman–Crippen MR) is 104 cm³/mol. The average Bonchev–Trinajstić information content (AvgIpc) is 3.32. The SMILES string of the molecule is CCOC(=O)C[N+]1(C)CC[C@@H](OC(=O)[C@@](O)(c2ccccc2)C2CCCC2)C1.[Br-]. The summed E-state index contributed by atoms with van der Waals surface area (Å²) in [6, 6.07) is 9.15. The van der Waals surface area contributed by atoms with Crippen LogP contribution in [-0.4, -0.2) is 60.9 Å². The Labute approximate surface area is 183 Å². The molecule has 0 amide bonds. The number of hydrogen-bond acceptors (Lipinski definition) is 5. The van der Waals surface area contributed by atoms with Crippen LogP contribution in [0.5, 0.6) is 0 Å². The van der Waals surface area contributed by atoms with Gasteiger partial charge in [0.15, 0.2) is 18.2 Å². The van der Waals surface area contributed by atoms with Crippen LogP contribution in [-0.2, 0) is 24.7 Å². The highest BCUT2D eigenvalue weighted by atomic mass is 79.9. The van der Waals surface area contributed by atoms with Gasteiger partial charge in [-0.15, -0.1) is 0 Å². The third-order valence-corrected chi connectivity index (χ3v) is 6.20. The standard InChI is InChI=1S/C22H32NO5.BrH/c1-3-27-20(24)16-23(2)14-13-19(15-23)28-21(25)22(26,18-11-7-8-12-18)17-9-5-4-6-10-17;/h4-6,9-10,18-19,26H,3,7-8,11-16H2,1-2H3;1H/q+1;/p-1/t19-,22-,23?;/m1./s1. The fourth-order valence-electron chi connectivity index (χ4n) is 4.69. The first-order chi connectivity index (χ1) is 13.4. The molecular formula is C22H32BrNO5. The van der Waals surface area contributed by atoms with Crippen molar-refractivity contribution in [2.75, 3.05) is 33.3 Å². The molecule has 3 rings (SSSR count). The lowest BCUT2D eigenvalue weighted by Crippen LogP contribution is -3.00. The zero-order valence-corrected chi connectivity index (χ0v) is 18.9. The van der Waals surface area contributed by atoms with Gasteiger partial charge in [0, 0.05) is 12.3 Å². The summed E-state index contributed by atoms with van der Waals surface area (Å²) in [5, 5.41) is 11.5. The number of benzene rings is 1. The van der Waals surface area contributed by atoms with Crippen LogP contribution >= 0.6 is 0 Å². The van der Waals surface area contributed by atoms with E-state index in [2.05, 4.69) is 0 Å². The number of rotatable bonds is 7. The monoisotopic (exact) mass is 469 g/mol. The summed E-state index contributed by atoms with van der Waals surface area (Å²) in [7, 11) is 1.98. The van der Waals surface area contributed by atoms with Gasteiger partial charge >= 0.3 is 11.9 Å². The lowest BCUT2D eigenvalue weighted by Gasteiger charge is -2.33. The molecule has 1 aromatic carbocycles. The predicted octanol–water partition coefficient (Wildman–Crippen LogP) is -0.606. The lowest BCUT2D eigenvalue weighted by atomic mass is 9.80. The molecule has 0 bridgehead atoms. The van der Waals surface area contributed by atoms with E-state index in [0.29, 0.717) is 29.6 Å². The molecule has 1 aliphatic heterocycles. The first-order valence-electron chi connectivity index (χ1n) is 10.4. The first kappa shape index (κ1) is 23.8. The zero-order chi connectivity index (χ0) is 20.2. The van der Waals surface area contributed by atoms with E-state index in [1.165, 1.54) is 0 Å². The van der Waals surface area contributed by atoms with Gasteiger partial charge in [-0.25, -0.2) is 9.59 Å². The molecule has 2 aliphatic rings. The lowest BCUT2D eigenvalue weighted by molar-refractivity contribution is -0.891. The number of quaternary nitrogens is 1. The maximum Gasteiger partial charge on any atom is 0.361 e. The van der Waals surface area contributed by atoms with E-state index in [0.717, 1.165) is 32.2 Å². The Morgan fingerprint density at radius 3 is 2.45 bits per heavy atom. The molecule has 1 heterocycles. The van der Waals surface area contributed by atoms with Crippen LogP contribution in [0.15, 0.2) is 30.3 Å². The summed E-state index contributed by atoms with van der Waals surface area (Å²) in [6.45, 7) is 3.72. The average molecular weight is 470 g/mol. The number of carbonyl (C=O) groups is 2. The fourth-order valence-corrected chi connectivity index (χ4v) is 4.69. The maximum absolute atomic E-state index is 13.2. The fraction of sp³-hybridized carbons (Fsp3) is 0.636. The van der Waals surface area contributed by atoms with Crippen molar-refractivity contribution in [3.05, 3.63) is 35.9 Å². The van der Waals surface area contributed by atoms with E-state index in [1.54, 1.807) is 19.1 Å². The Kier molecular flexibility index (Phi) is 8.26. The van der Waals surface area contributed by atoms with Gasteiger partial charge in [0.05, 0.1) is 20.2 Å². The van der Waals surface area contributed by atoms with E-state index in [-0.39, 0.29) is 41.5 Å². The van der Waals surface area contributed by atoms with E-state index in [4.69, 9.17) is 9.47 Å². The minimum atomic E-state index is -1.61. The van der Waals surface area contributed by atoms with E-state index >= 15 is 0 Å². The first-order valence-corrected chi connectivity index (χ1v) is 10.4. The Balaban J connectivity index is 0.00000300. The number of likely N-dealkylation sites (tertiary alicyclic amines) is 1. The van der Waals surface area contributed by atoms with Crippen molar-refractivity contribution in [1.29, 1.82) is 0 Å². The third-order valence-electron chi connectivity index (χ3n) is 6.20. The summed E-state index contributed by atoms with van der Waals surface area (Å²) >= 11 is 0. The molecule has 0 radical (unpaired) electrons. The van der Waals surface area contributed by atoms with Gasteiger partial charge < -0.3 is 36.0 Å². The van der Waals surface area contributed by atoms with Crippen LogP contribution in [0.1, 0.15) is 44.6 Å². The number of esters is 2. The minimum absolute atomic E-state index is 0. The van der Waals surface area contributed by atoms with Gasteiger partial charge in [0.2, 0.25) is 0 Å². The quantitative estimate of drug-likeness (QED) is 0.426. The number of nitrogens with zero attached hydrogens (tertiary/aromatic N) is 1. The Hall–Kier alpha value is -1.44. The number of ether oxygens (including phenoxy) is 2. The number of aliphatic hydroxyl groups is 1. The molecule has 1 saturated heterocycles. The number of halogens is 1. The van der Waals surface area contributed by atoms with Gasteiger partial charge in [-0.05, 0) is 25.3 Å². The van der Waals surface area contributed by atoms with Crippen molar-refractivity contribution in [3.8, 4) is 0 Å². The molecule has 29 heavy (non-hydrogen) atoms. The van der Waals surface area contributed by atoms with Crippen LogP contribution in [0.2, 0.25) is 0 Å². The normalized spacial score (nSPS) is 26.4. The van der Waals surface area contributed by atoms with Crippen LogP contribution < -0.4 is 17.0 Å². The summed E-state index contributed by atoms with van der Waals surface area (Å²) in [6.07, 6.45) is 4.06. The highest BCUT2D eigenvalue weighted by Gasteiger charge is 2.50. The van der Waals surface area contributed by atoms with Crippen LogP contribution in [0, 0.1) is 5.92 Å². The van der Waals surface area contributed by atoms with Gasteiger partial charge in [-0.2, -0.15) is 0 Å². The van der Waals surface area contributed by atoms with Crippen molar-refractivity contribution in [3.63, 3.8) is 0 Å². The molecule has 1 saturated carbocycles. The molecule has 2 fully saturated rings. The number of likely N-dealkylation sites (N-methyl/N-ethyl adjacent to an activating group) is 1. The molecule has 1 aliphatic carbocycles. The van der Waals surface area contributed by atoms with Crippen molar-refractivity contribution in [1.82, 2.24) is 0 Å². The molecule has 6 nitrogen and oxygen atoms in total. The van der Waals surface area contributed by atoms with Gasteiger partial charge in [-0.3, -0.25) is 0 Å². The van der Waals surface area contributed by atoms with Crippen molar-refractivity contribution in [2.45, 2.75) is 50.7 Å². The largest absolute Gasteiger partial charge is 1.00 e. The van der Waals surface area contributed by atoms with Gasteiger partial charge in [0.1, 0.15) is 6.54 Å². The summed E-state index contributed by atoms with van der Waals surface area (Å²) in [5.41, 5.74) is -1.00. The number of hydrogen-bond donors (Lipinski definition) is 1. The summed E-state index contributed by atoms with van der Waals surface area (Å²) in [5.74, 6) is -0.909. The molecular weight excluding hydrogens is 438 g/mol. The third kappa shape index (κ3) is 5.38. The molecule has 0 aromatic heterocycles.